The summed E-state index contributed by atoms with van der Waals surface area (Å²) >= 11 is 3.38. The fraction of sp³-hybridized carbons (Fsp3) is 0.333. The van der Waals surface area contributed by atoms with Crippen LogP contribution in [0.4, 0.5) is 0 Å². The van der Waals surface area contributed by atoms with Gasteiger partial charge >= 0.3 is 0 Å². The van der Waals surface area contributed by atoms with Gasteiger partial charge in [0.25, 0.3) is 11.8 Å². The van der Waals surface area contributed by atoms with Gasteiger partial charge in [0.2, 0.25) is 0 Å². The molecule has 3 rings (SSSR count). The smallest absolute Gasteiger partial charge is 0.258 e. The van der Waals surface area contributed by atoms with E-state index in [0.717, 1.165) is 22.9 Å². The lowest BCUT2D eigenvalue weighted by molar-refractivity contribution is -0.124. The van der Waals surface area contributed by atoms with Crippen molar-refractivity contribution in [2.75, 3.05) is 19.7 Å². The number of likely N-dealkylation sites (tertiary alicyclic amines) is 1. The summed E-state index contributed by atoms with van der Waals surface area (Å²) in [5, 5.41) is 3.00. The Hall–Kier alpha value is -2.34. The zero-order valence-electron chi connectivity index (χ0n) is 15.3. The predicted molar refractivity (Wildman–Crippen MR) is 108 cm³/mol. The van der Waals surface area contributed by atoms with Crippen LogP contribution in [0.2, 0.25) is 0 Å². The van der Waals surface area contributed by atoms with Gasteiger partial charge in [0, 0.05) is 29.2 Å². The van der Waals surface area contributed by atoms with E-state index in [-0.39, 0.29) is 24.5 Å². The van der Waals surface area contributed by atoms with Crippen LogP contribution >= 0.6 is 15.9 Å². The van der Waals surface area contributed by atoms with Crippen LogP contribution in [0.5, 0.6) is 5.75 Å². The van der Waals surface area contributed by atoms with Crippen molar-refractivity contribution in [2.45, 2.75) is 25.8 Å². The Labute approximate surface area is 167 Å². The highest BCUT2D eigenvalue weighted by Crippen LogP contribution is 2.16. The first-order valence-electron chi connectivity index (χ1n) is 9.05. The van der Waals surface area contributed by atoms with Crippen LogP contribution < -0.4 is 10.1 Å². The Kier molecular flexibility index (Phi) is 6.50. The number of piperidine rings is 1. The minimum Gasteiger partial charge on any atom is -0.484 e. The highest BCUT2D eigenvalue weighted by Gasteiger charge is 2.24. The number of amides is 2. The van der Waals surface area contributed by atoms with E-state index in [4.69, 9.17) is 4.74 Å². The van der Waals surface area contributed by atoms with E-state index >= 15 is 0 Å². The zero-order chi connectivity index (χ0) is 19.2. The first-order valence-corrected chi connectivity index (χ1v) is 9.84. The molecule has 0 spiro atoms. The lowest BCUT2D eigenvalue weighted by Gasteiger charge is -2.32. The maximum atomic E-state index is 12.5. The van der Waals surface area contributed by atoms with Gasteiger partial charge in [-0.2, -0.15) is 0 Å². The number of nitrogens with one attached hydrogen (secondary N) is 1. The summed E-state index contributed by atoms with van der Waals surface area (Å²) in [6.45, 7) is 3.28. The number of nitrogens with zero attached hydrogens (tertiary/aromatic N) is 1. The maximum absolute atomic E-state index is 12.5. The normalized spacial score (nSPS) is 14.7. The van der Waals surface area contributed by atoms with Gasteiger partial charge in [0.15, 0.2) is 6.61 Å². The van der Waals surface area contributed by atoms with E-state index < -0.39 is 0 Å². The summed E-state index contributed by atoms with van der Waals surface area (Å²) in [4.78, 5) is 26.5. The molecule has 0 bridgehead atoms. The van der Waals surface area contributed by atoms with Gasteiger partial charge in [-0.3, -0.25) is 9.59 Å². The molecule has 0 aromatic heterocycles. The molecule has 6 heteroatoms. The summed E-state index contributed by atoms with van der Waals surface area (Å²) in [6.07, 6.45) is 1.50. The van der Waals surface area contributed by atoms with E-state index in [1.54, 1.807) is 0 Å². The minimum atomic E-state index is -0.131. The molecule has 142 valence electrons. The molecule has 1 heterocycles. The molecule has 0 radical (unpaired) electrons. The molecule has 1 saturated heterocycles. The minimum absolute atomic E-state index is 0.00109. The third kappa shape index (κ3) is 5.57. The van der Waals surface area contributed by atoms with Crippen LogP contribution in [0, 0.1) is 6.92 Å². The number of halogens is 1. The van der Waals surface area contributed by atoms with E-state index in [2.05, 4.69) is 21.2 Å². The second-order valence-corrected chi connectivity index (χ2v) is 7.66. The van der Waals surface area contributed by atoms with Gasteiger partial charge in [0.1, 0.15) is 5.75 Å². The van der Waals surface area contributed by atoms with Crippen molar-refractivity contribution in [3.05, 3.63) is 64.1 Å². The van der Waals surface area contributed by atoms with Gasteiger partial charge in [-0.25, -0.2) is 0 Å². The first-order chi connectivity index (χ1) is 13.0. The number of hydrogen-bond acceptors (Lipinski definition) is 3. The standard InChI is InChI=1S/C21H23BrN2O3/c1-15-2-8-19(9-3-15)27-14-20(25)23-18-10-12-24(13-11-18)21(26)16-4-6-17(22)7-5-16/h2-9,18H,10-14H2,1H3,(H,23,25). The van der Waals surface area contributed by atoms with Crippen LogP contribution in [0.1, 0.15) is 28.8 Å². The van der Waals surface area contributed by atoms with Gasteiger partial charge in [-0.05, 0) is 56.2 Å². The van der Waals surface area contributed by atoms with Crippen LogP contribution in [0.3, 0.4) is 0 Å². The largest absolute Gasteiger partial charge is 0.484 e. The molecular weight excluding hydrogens is 408 g/mol. The Morgan fingerprint density at radius 1 is 1.07 bits per heavy atom. The summed E-state index contributed by atoms with van der Waals surface area (Å²) < 4.78 is 6.46. The third-order valence-electron chi connectivity index (χ3n) is 4.63. The molecule has 0 atom stereocenters. The van der Waals surface area contributed by atoms with E-state index in [1.807, 2.05) is 60.4 Å². The summed E-state index contributed by atoms with van der Waals surface area (Å²) in [5.41, 5.74) is 1.84. The van der Waals surface area contributed by atoms with Gasteiger partial charge in [-0.15, -0.1) is 0 Å². The molecule has 2 amide bonds. The van der Waals surface area contributed by atoms with Crippen LogP contribution in [0.15, 0.2) is 53.0 Å². The molecule has 0 saturated carbocycles. The SMILES string of the molecule is Cc1ccc(OCC(=O)NC2CCN(C(=O)c3ccc(Br)cc3)CC2)cc1. The van der Waals surface area contributed by atoms with Crippen molar-refractivity contribution in [3.8, 4) is 5.75 Å². The molecule has 1 aliphatic rings. The van der Waals surface area contributed by atoms with Crippen molar-refractivity contribution >= 4 is 27.7 Å². The van der Waals surface area contributed by atoms with E-state index in [1.165, 1.54) is 0 Å². The average Bonchev–Trinajstić information content (AvgIpc) is 2.68. The molecule has 1 aliphatic heterocycles. The Bertz CT molecular complexity index is 782. The van der Waals surface area contributed by atoms with E-state index in [9.17, 15) is 9.59 Å². The number of ether oxygens (including phenoxy) is 1. The fourth-order valence-corrected chi connectivity index (χ4v) is 3.32. The predicted octanol–water partition coefficient (Wildman–Crippen LogP) is 3.56. The van der Waals surface area contributed by atoms with Crippen molar-refractivity contribution in [1.82, 2.24) is 10.2 Å². The van der Waals surface area contributed by atoms with Crippen LogP contribution in [-0.2, 0) is 4.79 Å². The molecule has 0 aliphatic carbocycles. The zero-order valence-corrected chi connectivity index (χ0v) is 16.9. The molecule has 1 N–H and O–H groups in total. The molecular formula is C21H23BrN2O3. The summed E-state index contributed by atoms with van der Waals surface area (Å²) in [5.74, 6) is 0.592. The van der Waals surface area contributed by atoms with Crippen molar-refractivity contribution in [1.29, 1.82) is 0 Å². The number of hydrogen-bond donors (Lipinski definition) is 1. The van der Waals surface area contributed by atoms with Crippen LogP contribution in [-0.4, -0.2) is 42.5 Å². The number of benzene rings is 2. The summed E-state index contributed by atoms with van der Waals surface area (Å²) in [7, 11) is 0. The third-order valence-corrected chi connectivity index (χ3v) is 5.16. The molecule has 1 fully saturated rings. The Balaban J connectivity index is 1.42. The highest BCUT2D eigenvalue weighted by atomic mass is 79.9. The number of carbonyl (C=O) groups excluding carboxylic acids is 2. The van der Waals surface area contributed by atoms with Gasteiger partial charge in [0.05, 0.1) is 0 Å². The van der Waals surface area contributed by atoms with Gasteiger partial charge < -0.3 is 15.0 Å². The van der Waals surface area contributed by atoms with E-state index in [0.29, 0.717) is 24.4 Å². The monoisotopic (exact) mass is 430 g/mol. The maximum Gasteiger partial charge on any atom is 0.258 e. The highest BCUT2D eigenvalue weighted by molar-refractivity contribution is 9.10. The Morgan fingerprint density at radius 2 is 1.70 bits per heavy atom. The first kappa shape index (κ1) is 19.4. The lowest BCUT2D eigenvalue weighted by Crippen LogP contribution is -2.47. The second kappa shape index (κ2) is 9.04. The molecule has 27 heavy (non-hydrogen) atoms. The number of carbonyl (C=O) groups is 2. The van der Waals surface area contributed by atoms with Crippen molar-refractivity contribution < 1.29 is 14.3 Å². The number of rotatable bonds is 5. The van der Waals surface area contributed by atoms with Crippen molar-refractivity contribution in [2.24, 2.45) is 0 Å². The molecule has 2 aromatic carbocycles. The lowest BCUT2D eigenvalue weighted by atomic mass is 10.0. The summed E-state index contributed by atoms with van der Waals surface area (Å²) in [6, 6.07) is 15.1. The van der Waals surface area contributed by atoms with Crippen molar-refractivity contribution in [3.63, 3.8) is 0 Å². The molecule has 5 nitrogen and oxygen atoms in total. The average molecular weight is 431 g/mol. The number of aryl methyl sites for hydroxylation is 1. The quantitative estimate of drug-likeness (QED) is 0.788. The second-order valence-electron chi connectivity index (χ2n) is 6.74. The van der Waals surface area contributed by atoms with Gasteiger partial charge in [-0.1, -0.05) is 33.6 Å². The van der Waals surface area contributed by atoms with Crippen LogP contribution in [0.25, 0.3) is 0 Å². The molecule has 0 unspecified atom stereocenters. The topological polar surface area (TPSA) is 58.6 Å². The fourth-order valence-electron chi connectivity index (χ4n) is 3.05. The molecule has 2 aromatic rings. The Morgan fingerprint density at radius 3 is 2.33 bits per heavy atom.